The Morgan fingerprint density at radius 1 is 0.773 bits per heavy atom. The Kier molecular flexibility index (Phi) is 11.6. The quantitative estimate of drug-likeness (QED) is 0.169. The van der Waals surface area contributed by atoms with Crippen LogP contribution in [0.3, 0.4) is 0 Å². The molecule has 0 aliphatic rings. The van der Waals surface area contributed by atoms with Crippen LogP contribution in [0.4, 0.5) is 5.69 Å². The number of amides is 2. The lowest BCUT2D eigenvalue weighted by molar-refractivity contribution is -0.140. The van der Waals surface area contributed by atoms with Crippen molar-refractivity contribution in [1.82, 2.24) is 10.2 Å². The summed E-state index contributed by atoms with van der Waals surface area (Å²) < 4.78 is 29.0. The molecule has 4 rings (SSSR count). The molecular weight excluding hydrogens is 664 g/mol. The van der Waals surface area contributed by atoms with Gasteiger partial charge in [0.05, 0.1) is 20.6 Å². The topological polar surface area (TPSA) is 86.8 Å². The number of hydrogen-bond donors (Lipinski definition) is 1. The highest BCUT2D eigenvalue weighted by atomic mass is 35.5. The molecule has 12 heteroatoms. The van der Waals surface area contributed by atoms with Crippen molar-refractivity contribution in [2.45, 2.75) is 30.8 Å². The van der Waals surface area contributed by atoms with E-state index < -0.39 is 34.4 Å². The number of sulfonamides is 1. The van der Waals surface area contributed by atoms with E-state index >= 15 is 0 Å². The van der Waals surface area contributed by atoms with E-state index in [1.807, 2.05) is 30.3 Å². The average Bonchev–Trinajstić information content (AvgIpc) is 3.01. The zero-order chi connectivity index (χ0) is 31.9. The number of likely N-dealkylation sites (N-methyl/N-ethyl adjacent to an activating group) is 1. The fraction of sp³-hybridized carbons (Fsp3) is 0.188. The maximum absolute atomic E-state index is 14.4. The molecule has 0 saturated heterocycles. The van der Waals surface area contributed by atoms with Crippen LogP contribution in [-0.4, -0.2) is 44.3 Å². The lowest BCUT2D eigenvalue weighted by Crippen LogP contribution is -2.53. The average molecular weight is 693 g/mol. The van der Waals surface area contributed by atoms with Gasteiger partial charge in [-0.25, -0.2) is 8.42 Å². The predicted molar refractivity (Wildman–Crippen MR) is 177 cm³/mol. The number of carbonyl (C=O) groups is 2. The van der Waals surface area contributed by atoms with Gasteiger partial charge < -0.3 is 10.2 Å². The third-order valence-corrected chi connectivity index (χ3v) is 10.0. The fourth-order valence-corrected chi connectivity index (χ4v) is 6.82. The SMILES string of the molecule is CCNC(=O)[C@@H](Cc1ccccc1)N(Cc1c(Cl)cccc1Cl)C(=O)CN(c1ccc(Cl)c(Cl)c1)S(=O)(=O)c1ccccc1. The number of anilines is 1. The highest BCUT2D eigenvalue weighted by Crippen LogP contribution is 2.32. The van der Waals surface area contributed by atoms with Crippen LogP contribution < -0.4 is 9.62 Å². The largest absolute Gasteiger partial charge is 0.355 e. The maximum atomic E-state index is 14.4. The lowest BCUT2D eigenvalue weighted by atomic mass is 10.0. The molecule has 1 atom stereocenters. The van der Waals surface area contributed by atoms with Gasteiger partial charge in [0.15, 0.2) is 0 Å². The molecule has 4 aromatic carbocycles. The number of rotatable bonds is 12. The van der Waals surface area contributed by atoms with Crippen molar-refractivity contribution in [3.8, 4) is 0 Å². The lowest BCUT2D eigenvalue weighted by Gasteiger charge is -2.34. The minimum Gasteiger partial charge on any atom is -0.355 e. The van der Waals surface area contributed by atoms with Gasteiger partial charge in [0.1, 0.15) is 12.6 Å². The van der Waals surface area contributed by atoms with E-state index in [1.165, 1.54) is 35.2 Å². The molecule has 0 bridgehead atoms. The third kappa shape index (κ3) is 8.06. The maximum Gasteiger partial charge on any atom is 0.264 e. The number of hydrogen-bond acceptors (Lipinski definition) is 4. The molecule has 230 valence electrons. The van der Waals surface area contributed by atoms with Gasteiger partial charge in [-0.05, 0) is 55.0 Å². The smallest absolute Gasteiger partial charge is 0.264 e. The van der Waals surface area contributed by atoms with Crippen LogP contribution in [0.5, 0.6) is 0 Å². The van der Waals surface area contributed by atoms with Crippen LogP contribution in [0.1, 0.15) is 18.1 Å². The minimum atomic E-state index is -4.29. The highest BCUT2D eigenvalue weighted by Gasteiger charge is 2.35. The molecule has 0 heterocycles. The first-order valence-electron chi connectivity index (χ1n) is 13.6. The van der Waals surface area contributed by atoms with E-state index in [0.717, 1.165) is 9.87 Å². The highest BCUT2D eigenvalue weighted by molar-refractivity contribution is 7.92. The van der Waals surface area contributed by atoms with Crippen molar-refractivity contribution in [3.05, 3.63) is 128 Å². The van der Waals surface area contributed by atoms with E-state index in [2.05, 4.69) is 5.32 Å². The van der Waals surface area contributed by atoms with Gasteiger partial charge in [-0.3, -0.25) is 13.9 Å². The zero-order valence-electron chi connectivity index (χ0n) is 23.6. The molecule has 0 unspecified atom stereocenters. The van der Waals surface area contributed by atoms with Crippen LogP contribution in [-0.2, 0) is 32.6 Å². The second kappa shape index (κ2) is 15.1. The molecule has 7 nitrogen and oxygen atoms in total. The van der Waals surface area contributed by atoms with Crippen molar-refractivity contribution in [1.29, 1.82) is 0 Å². The molecule has 0 spiro atoms. The molecule has 0 aliphatic carbocycles. The second-order valence-electron chi connectivity index (χ2n) is 9.75. The first kappa shape index (κ1) is 33.6. The van der Waals surface area contributed by atoms with Gasteiger partial charge in [0.2, 0.25) is 11.8 Å². The Morgan fingerprint density at radius 2 is 1.39 bits per heavy atom. The van der Waals surface area contributed by atoms with Gasteiger partial charge in [-0.2, -0.15) is 0 Å². The Balaban J connectivity index is 1.84. The number of nitrogens with one attached hydrogen (secondary N) is 1. The van der Waals surface area contributed by atoms with Crippen molar-refractivity contribution < 1.29 is 18.0 Å². The van der Waals surface area contributed by atoms with Crippen LogP contribution in [0.25, 0.3) is 0 Å². The summed E-state index contributed by atoms with van der Waals surface area (Å²) in [6.07, 6.45) is 0.151. The van der Waals surface area contributed by atoms with Gasteiger partial charge >= 0.3 is 0 Å². The second-order valence-corrected chi connectivity index (χ2v) is 13.2. The summed E-state index contributed by atoms with van der Waals surface area (Å²) in [5.74, 6) is -1.08. The van der Waals surface area contributed by atoms with E-state index in [4.69, 9.17) is 46.4 Å². The van der Waals surface area contributed by atoms with E-state index in [9.17, 15) is 18.0 Å². The van der Waals surface area contributed by atoms with Gasteiger partial charge in [0.25, 0.3) is 10.0 Å². The molecule has 0 aromatic heterocycles. The van der Waals surface area contributed by atoms with E-state index in [0.29, 0.717) is 22.2 Å². The standard InChI is InChI=1S/C32H29Cl4N3O4S/c1-2-37-32(41)30(18-22-10-5-3-6-11-22)38(20-25-26(33)14-9-15-27(25)34)31(40)21-39(23-16-17-28(35)29(36)19-23)44(42,43)24-12-7-4-8-13-24/h3-17,19,30H,2,18,20-21H2,1H3,(H,37,41)/t30-/m1/s1. The Morgan fingerprint density at radius 3 is 1.98 bits per heavy atom. The van der Waals surface area contributed by atoms with Gasteiger partial charge in [-0.15, -0.1) is 0 Å². The Bertz CT molecular complexity index is 1700. The summed E-state index contributed by atoms with van der Waals surface area (Å²) in [6.45, 7) is 1.26. The molecule has 1 N–H and O–H groups in total. The van der Waals surface area contributed by atoms with Crippen molar-refractivity contribution in [2.75, 3.05) is 17.4 Å². The molecular formula is C32H29Cl4N3O4S. The van der Waals surface area contributed by atoms with Gasteiger partial charge in [0, 0.05) is 35.1 Å². The molecule has 0 saturated carbocycles. The molecule has 44 heavy (non-hydrogen) atoms. The Labute approximate surface area is 277 Å². The molecule has 0 aliphatic heterocycles. The Hall–Kier alpha value is -3.27. The molecule has 4 aromatic rings. The molecule has 0 radical (unpaired) electrons. The summed E-state index contributed by atoms with van der Waals surface area (Å²) in [4.78, 5) is 29.3. The molecule has 2 amide bonds. The van der Waals surface area contributed by atoms with Crippen LogP contribution in [0.15, 0.2) is 102 Å². The van der Waals surface area contributed by atoms with Crippen LogP contribution >= 0.6 is 46.4 Å². The van der Waals surface area contributed by atoms with E-state index in [-0.39, 0.29) is 33.6 Å². The number of benzene rings is 4. The van der Waals surface area contributed by atoms with Crippen molar-refractivity contribution >= 4 is 73.9 Å². The first-order chi connectivity index (χ1) is 21.0. The van der Waals surface area contributed by atoms with E-state index in [1.54, 1.807) is 43.3 Å². The van der Waals surface area contributed by atoms with Crippen LogP contribution in [0.2, 0.25) is 20.1 Å². The third-order valence-electron chi connectivity index (χ3n) is 6.81. The van der Waals surface area contributed by atoms with Crippen LogP contribution in [0, 0.1) is 0 Å². The summed E-state index contributed by atoms with van der Waals surface area (Å²) in [5, 5.41) is 3.72. The molecule has 0 fully saturated rings. The number of nitrogens with zero attached hydrogens (tertiary/aromatic N) is 2. The summed E-state index contributed by atoms with van der Waals surface area (Å²) >= 11 is 25.4. The monoisotopic (exact) mass is 691 g/mol. The van der Waals surface area contributed by atoms with Gasteiger partial charge in [-0.1, -0.05) is 101 Å². The summed E-state index contributed by atoms with van der Waals surface area (Å²) in [7, 11) is -4.29. The zero-order valence-corrected chi connectivity index (χ0v) is 27.4. The first-order valence-corrected chi connectivity index (χ1v) is 16.5. The minimum absolute atomic E-state index is 0.0378. The predicted octanol–water partition coefficient (Wildman–Crippen LogP) is 7.27. The van der Waals surface area contributed by atoms with Crippen molar-refractivity contribution in [3.63, 3.8) is 0 Å². The normalized spacial score (nSPS) is 11.9. The summed E-state index contributed by atoms with van der Waals surface area (Å²) in [5.41, 5.74) is 1.33. The summed E-state index contributed by atoms with van der Waals surface area (Å²) in [6, 6.07) is 25.1. The fourth-order valence-electron chi connectivity index (χ4n) is 4.59. The van der Waals surface area contributed by atoms with Crippen molar-refractivity contribution in [2.24, 2.45) is 0 Å². The number of carbonyl (C=O) groups excluding carboxylic acids is 2. The number of halogens is 4.